The van der Waals surface area contributed by atoms with Gasteiger partial charge in [-0.2, -0.15) is 0 Å². The molecule has 22 heavy (non-hydrogen) atoms. The lowest BCUT2D eigenvalue weighted by Crippen LogP contribution is -2.35. The van der Waals surface area contributed by atoms with Gasteiger partial charge in [0.1, 0.15) is 5.75 Å². The van der Waals surface area contributed by atoms with Crippen LogP contribution in [0.2, 0.25) is 0 Å². The Balaban J connectivity index is 1.72. The van der Waals surface area contributed by atoms with Crippen LogP contribution < -0.4 is 10.1 Å². The summed E-state index contributed by atoms with van der Waals surface area (Å²) in [5.74, 6) is 1.23. The number of carbonyl (C=O) groups is 1. The summed E-state index contributed by atoms with van der Waals surface area (Å²) in [7, 11) is 1.69. The Hall–Kier alpha value is -1.55. The fraction of sp³-hybridized carbons (Fsp3) is 0.611. The van der Waals surface area contributed by atoms with Crippen molar-refractivity contribution >= 4 is 5.91 Å². The van der Waals surface area contributed by atoms with Gasteiger partial charge in [0.25, 0.3) is 0 Å². The van der Waals surface area contributed by atoms with Crippen molar-refractivity contribution in [2.75, 3.05) is 20.2 Å². The van der Waals surface area contributed by atoms with Crippen molar-refractivity contribution in [3.63, 3.8) is 0 Å². The van der Waals surface area contributed by atoms with Crippen molar-refractivity contribution < 1.29 is 9.53 Å². The van der Waals surface area contributed by atoms with E-state index < -0.39 is 0 Å². The fourth-order valence-corrected chi connectivity index (χ4v) is 3.01. The molecule has 4 heteroatoms. The molecule has 122 valence electrons. The van der Waals surface area contributed by atoms with Crippen molar-refractivity contribution in [2.24, 2.45) is 0 Å². The summed E-state index contributed by atoms with van der Waals surface area (Å²) < 4.78 is 5.23. The maximum absolute atomic E-state index is 11.9. The van der Waals surface area contributed by atoms with Crippen LogP contribution in [0.1, 0.15) is 44.6 Å². The first-order chi connectivity index (χ1) is 10.7. The van der Waals surface area contributed by atoms with E-state index in [0.29, 0.717) is 11.9 Å². The SMILES string of the molecule is CCCCN1C(=O)CC[C@@H]1CCNCc1cccc(OC)c1. The van der Waals surface area contributed by atoms with E-state index in [1.807, 2.05) is 12.1 Å². The van der Waals surface area contributed by atoms with E-state index in [4.69, 9.17) is 4.74 Å². The number of nitrogens with zero attached hydrogens (tertiary/aromatic N) is 1. The van der Waals surface area contributed by atoms with Gasteiger partial charge in [0.15, 0.2) is 0 Å². The Morgan fingerprint density at radius 2 is 2.27 bits per heavy atom. The summed E-state index contributed by atoms with van der Waals surface area (Å²) >= 11 is 0. The number of ether oxygens (including phenoxy) is 1. The summed E-state index contributed by atoms with van der Waals surface area (Å²) in [5.41, 5.74) is 1.23. The number of hydrogen-bond acceptors (Lipinski definition) is 3. The topological polar surface area (TPSA) is 41.6 Å². The minimum atomic E-state index is 0.339. The lowest BCUT2D eigenvalue weighted by Gasteiger charge is -2.24. The molecule has 1 amide bonds. The highest BCUT2D eigenvalue weighted by atomic mass is 16.5. The third-order valence-electron chi connectivity index (χ3n) is 4.32. The first-order valence-corrected chi connectivity index (χ1v) is 8.37. The number of benzene rings is 1. The van der Waals surface area contributed by atoms with Crippen LogP contribution in [0.3, 0.4) is 0 Å². The van der Waals surface area contributed by atoms with Crippen LogP contribution >= 0.6 is 0 Å². The Labute approximate surface area is 133 Å². The Bertz CT molecular complexity index is 476. The van der Waals surface area contributed by atoms with Gasteiger partial charge in [-0.05, 0) is 43.5 Å². The van der Waals surface area contributed by atoms with Gasteiger partial charge < -0.3 is 15.0 Å². The van der Waals surface area contributed by atoms with E-state index in [0.717, 1.165) is 57.5 Å². The molecule has 0 saturated carbocycles. The van der Waals surface area contributed by atoms with E-state index in [1.54, 1.807) is 7.11 Å². The van der Waals surface area contributed by atoms with Crippen LogP contribution in [0.15, 0.2) is 24.3 Å². The van der Waals surface area contributed by atoms with E-state index in [9.17, 15) is 4.79 Å². The molecule has 0 bridgehead atoms. The van der Waals surface area contributed by atoms with Gasteiger partial charge in [-0.15, -0.1) is 0 Å². The molecule has 1 fully saturated rings. The zero-order valence-corrected chi connectivity index (χ0v) is 13.8. The first-order valence-electron chi connectivity index (χ1n) is 8.37. The summed E-state index contributed by atoms with van der Waals surface area (Å²) in [5, 5.41) is 3.48. The second kappa shape index (κ2) is 8.79. The number of carbonyl (C=O) groups excluding carboxylic acids is 1. The monoisotopic (exact) mass is 304 g/mol. The Morgan fingerprint density at radius 1 is 1.41 bits per heavy atom. The zero-order valence-electron chi connectivity index (χ0n) is 13.8. The highest BCUT2D eigenvalue weighted by molar-refractivity contribution is 5.78. The zero-order chi connectivity index (χ0) is 15.8. The van der Waals surface area contributed by atoms with Gasteiger partial charge in [-0.25, -0.2) is 0 Å². The van der Waals surface area contributed by atoms with Crippen molar-refractivity contribution in [1.82, 2.24) is 10.2 Å². The average molecular weight is 304 g/mol. The lowest BCUT2D eigenvalue weighted by atomic mass is 10.1. The molecule has 0 unspecified atom stereocenters. The number of hydrogen-bond donors (Lipinski definition) is 1. The maximum Gasteiger partial charge on any atom is 0.222 e. The fourth-order valence-electron chi connectivity index (χ4n) is 3.01. The van der Waals surface area contributed by atoms with Gasteiger partial charge in [0.2, 0.25) is 5.91 Å². The standard InChI is InChI=1S/C18H28N2O2/c1-3-4-12-20-16(8-9-18(20)21)10-11-19-14-15-6-5-7-17(13-15)22-2/h5-7,13,16,19H,3-4,8-12,14H2,1-2H3/t16-/m1/s1. The predicted molar refractivity (Wildman–Crippen MR) is 89.0 cm³/mol. The molecule has 1 heterocycles. The lowest BCUT2D eigenvalue weighted by molar-refractivity contribution is -0.129. The van der Waals surface area contributed by atoms with Crippen molar-refractivity contribution in [3.05, 3.63) is 29.8 Å². The first kappa shape index (κ1) is 16.8. The predicted octanol–water partition coefficient (Wildman–Crippen LogP) is 2.97. The van der Waals surface area contributed by atoms with Gasteiger partial charge >= 0.3 is 0 Å². The van der Waals surface area contributed by atoms with Crippen LogP contribution in [0.5, 0.6) is 5.75 Å². The smallest absolute Gasteiger partial charge is 0.222 e. The second-order valence-electron chi connectivity index (χ2n) is 5.95. The minimum absolute atomic E-state index is 0.339. The highest BCUT2D eigenvalue weighted by Crippen LogP contribution is 2.21. The Kier molecular flexibility index (Phi) is 6.72. The quantitative estimate of drug-likeness (QED) is 0.713. The van der Waals surface area contributed by atoms with E-state index in [-0.39, 0.29) is 0 Å². The molecule has 1 aliphatic heterocycles. The number of rotatable bonds is 9. The van der Waals surface area contributed by atoms with Crippen LogP contribution in [-0.4, -0.2) is 37.0 Å². The largest absolute Gasteiger partial charge is 0.497 e. The summed E-state index contributed by atoms with van der Waals surface area (Å²) in [6.45, 7) is 4.88. The second-order valence-corrected chi connectivity index (χ2v) is 5.95. The molecule has 1 aromatic rings. The number of amides is 1. The molecule has 1 N–H and O–H groups in total. The highest BCUT2D eigenvalue weighted by Gasteiger charge is 2.29. The van der Waals surface area contributed by atoms with Crippen LogP contribution in [-0.2, 0) is 11.3 Å². The van der Waals surface area contributed by atoms with Crippen molar-refractivity contribution in [3.8, 4) is 5.75 Å². The molecule has 1 atom stereocenters. The molecule has 1 aliphatic rings. The molecule has 0 aromatic heterocycles. The van der Waals surface area contributed by atoms with E-state index in [1.165, 1.54) is 5.56 Å². The van der Waals surface area contributed by atoms with Crippen LogP contribution in [0, 0.1) is 0 Å². The molecule has 2 rings (SSSR count). The van der Waals surface area contributed by atoms with E-state index in [2.05, 4.69) is 29.3 Å². The molecular formula is C18H28N2O2. The summed E-state index contributed by atoms with van der Waals surface area (Å²) in [6, 6.07) is 8.55. The Morgan fingerprint density at radius 3 is 3.05 bits per heavy atom. The van der Waals surface area contributed by atoms with Crippen molar-refractivity contribution in [2.45, 2.75) is 51.6 Å². The summed E-state index contributed by atoms with van der Waals surface area (Å²) in [6.07, 6.45) is 5.04. The molecule has 0 radical (unpaired) electrons. The summed E-state index contributed by atoms with van der Waals surface area (Å²) in [4.78, 5) is 14.0. The number of unbranched alkanes of at least 4 members (excludes halogenated alkanes) is 1. The molecule has 0 spiro atoms. The third kappa shape index (κ3) is 4.73. The van der Waals surface area contributed by atoms with E-state index >= 15 is 0 Å². The number of nitrogens with one attached hydrogen (secondary N) is 1. The van der Waals surface area contributed by atoms with Crippen molar-refractivity contribution in [1.29, 1.82) is 0 Å². The maximum atomic E-state index is 11.9. The number of methoxy groups -OCH3 is 1. The van der Waals surface area contributed by atoms with Crippen LogP contribution in [0.4, 0.5) is 0 Å². The number of likely N-dealkylation sites (tertiary alicyclic amines) is 1. The van der Waals surface area contributed by atoms with Crippen LogP contribution in [0.25, 0.3) is 0 Å². The molecule has 1 aromatic carbocycles. The average Bonchev–Trinajstić information content (AvgIpc) is 2.90. The van der Waals surface area contributed by atoms with Gasteiger partial charge in [0.05, 0.1) is 7.11 Å². The third-order valence-corrected chi connectivity index (χ3v) is 4.32. The van der Waals surface area contributed by atoms with Gasteiger partial charge in [-0.1, -0.05) is 25.5 Å². The molecule has 4 nitrogen and oxygen atoms in total. The molecule has 1 saturated heterocycles. The molecular weight excluding hydrogens is 276 g/mol. The van der Waals surface area contributed by atoms with Gasteiger partial charge in [0, 0.05) is 25.6 Å². The molecule has 0 aliphatic carbocycles. The minimum Gasteiger partial charge on any atom is -0.497 e. The normalized spacial score (nSPS) is 18.0. The van der Waals surface area contributed by atoms with Gasteiger partial charge in [-0.3, -0.25) is 4.79 Å².